The van der Waals surface area contributed by atoms with Gasteiger partial charge in [0.05, 0.1) is 27.8 Å². The van der Waals surface area contributed by atoms with Crippen molar-refractivity contribution in [2.24, 2.45) is 5.16 Å². The van der Waals surface area contributed by atoms with Crippen molar-refractivity contribution in [3.05, 3.63) is 63.4 Å². The Bertz CT molecular complexity index is 1040. The molecule has 164 valence electrons. The first-order chi connectivity index (χ1) is 14.6. The number of aromatic nitrogens is 1. The van der Waals surface area contributed by atoms with Gasteiger partial charge >= 0.3 is 6.18 Å². The zero-order valence-corrected chi connectivity index (χ0v) is 17.8. The van der Waals surface area contributed by atoms with Gasteiger partial charge in [0.1, 0.15) is 11.5 Å². The lowest BCUT2D eigenvalue weighted by Gasteiger charge is -2.13. The summed E-state index contributed by atoms with van der Waals surface area (Å²) in [6.45, 7) is 0.140. The Kier molecular flexibility index (Phi) is 7.30. The van der Waals surface area contributed by atoms with E-state index in [1.54, 1.807) is 18.2 Å². The van der Waals surface area contributed by atoms with Gasteiger partial charge in [0, 0.05) is 29.9 Å². The van der Waals surface area contributed by atoms with Crippen molar-refractivity contribution >= 4 is 57.8 Å². The number of hydrogen-bond acceptors (Lipinski definition) is 6. The molecule has 2 N–H and O–H groups in total. The smallest absolute Gasteiger partial charge is 0.390 e. The van der Waals surface area contributed by atoms with Crippen molar-refractivity contribution in [2.75, 3.05) is 17.2 Å². The number of allylic oxidation sites excluding steroid dienone is 1. The van der Waals surface area contributed by atoms with Gasteiger partial charge in [0.25, 0.3) is 0 Å². The molecule has 0 amide bonds. The summed E-state index contributed by atoms with van der Waals surface area (Å²) in [5.41, 5.74) is -0.182. The van der Waals surface area contributed by atoms with E-state index in [1.807, 2.05) is 0 Å². The summed E-state index contributed by atoms with van der Waals surface area (Å²) in [5.74, 6) is -0.298. The Balaban J connectivity index is 1.49. The standard InChI is InChI=1S/C19H14Cl3F3N4O2/c20-11-1-2-15(13(21)6-11)26-4-3-17(30)16-7-12(31-29-16)9-28-18-14(22)5-10(8-27-18)19(23,24)25/h1-6,8,12,26H,7,9H2,(H,27,28)/b4-3+/t12-/m1/s1. The highest BCUT2D eigenvalue weighted by molar-refractivity contribution is 6.44. The summed E-state index contributed by atoms with van der Waals surface area (Å²) in [4.78, 5) is 21.1. The van der Waals surface area contributed by atoms with Crippen molar-refractivity contribution in [3.8, 4) is 0 Å². The number of nitrogens with one attached hydrogen (secondary N) is 2. The van der Waals surface area contributed by atoms with Crippen molar-refractivity contribution in [1.29, 1.82) is 0 Å². The second-order valence-corrected chi connectivity index (χ2v) is 7.62. The monoisotopic (exact) mass is 492 g/mol. The predicted octanol–water partition coefficient (Wildman–Crippen LogP) is 5.81. The van der Waals surface area contributed by atoms with Crippen molar-refractivity contribution < 1.29 is 22.8 Å². The van der Waals surface area contributed by atoms with Crippen molar-refractivity contribution in [3.63, 3.8) is 0 Å². The first kappa shape index (κ1) is 23.2. The molecule has 0 radical (unpaired) electrons. The molecule has 6 nitrogen and oxygen atoms in total. The molecule has 0 fully saturated rings. The molecule has 1 atom stereocenters. The molecule has 2 aromatic rings. The zero-order valence-electron chi connectivity index (χ0n) is 15.5. The van der Waals surface area contributed by atoms with Crippen LogP contribution >= 0.6 is 34.8 Å². The molecule has 1 aliphatic heterocycles. The van der Waals surface area contributed by atoms with Crippen LogP contribution in [0, 0.1) is 0 Å². The van der Waals surface area contributed by atoms with Gasteiger partial charge in [-0.05, 0) is 24.3 Å². The van der Waals surface area contributed by atoms with Gasteiger partial charge in [-0.1, -0.05) is 40.0 Å². The van der Waals surface area contributed by atoms with Crippen LogP contribution in [0.3, 0.4) is 0 Å². The maximum absolute atomic E-state index is 12.7. The number of rotatable bonds is 7. The van der Waals surface area contributed by atoms with Gasteiger partial charge in [0.15, 0.2) is 6.10 Å². The minimum Gasteiger partial charge on any atom is -0.390 e. The third-order valence-corrected chi connectivity index (χ3v) is 4.92. The van der Waals surface area contributed by atoms with E-state index < -0.39 is 17.8 Å². The van der Waals surface area contributed by atoms with E-state index in [0.717, 1.165) is 6.07 Å². The summed E-state index contributed by atoms with van der Waals surface area (Å²) >= 11 is 17.7. The Morgan fingerprint density at radius 3 is 2.68 bits per heavy atom. The SMILES string of the molecule is O=C(/C=C/Nc1ccc(Cl)cc1Cl)C1=NO[C@@H](CNc2ncc(C(F)(F)F)cc2Cl)C1. The molecule has 1 aliphatic rings. The summed E-state index contributed by atoms with van der Waals surface area (Å²) in [6, 6.07) is 5.65. The van der Waals surface area contributed by atoms with Crippen molar-refractivity contribution in [2.45, 2.75) is 18.7 Å². The largest absolute Gasteiger partial charge is 0.417 e. The first-order valence-electron chi connectivity index (χ1n) is 8.75. The maximum atomic E-state index is 12.7. The van der Waals surface area contributed by atoms with Crippen LogP contribution in [-0.2, 0) is 15.8 Å². The number of carbonyl (C=O) groups is 1. The average Bonchev–Trinajstić information content (AvgIpc) is 3.17. The number of alkyl halides is 3. The zero-order chi connectivity index (χ0) is 22.6. The van der Waals surface area contributed by atoms with E-state index in [2.05, 4.69) is 20.8 Å². The van der Waals surface area contributed by atoms with Crippen molar-refractivity contribution in [1.82, 2.24) is 4.98 Å². The van der Waals surface area contributed by atoms with Gasteiger partial charge in [-0.15, -0.1) is 0 Å². The topological polar surface area (TPSA) is 75.6 Å². The normalized spacial score (nSPS) is 16.2. The number of carbonyl (C=O) groups excluding carboxylic acids is 1. The quantitative estimate of drug-likeness (QED) is 0.476. The lowest BCUT2D eigenvalue weighted by atomic mass is 10.1. The van der Waals surface area contributed by atoms with Gasteiger partial charge in [-0.2, -0.15) is 13.2 Å². The van der Waals surface area contributed by atoms with E-state index >= 15 is 0 Å². The molecular weight excluding hydrogens is 480 g/mol. The summed E-state index contributed by atoms with van der Waals surface area (Å²) in [5, 5.41) is 10.1. The Hall–Kier alpha value is -2.49. The summed E-state index contributed by atoms with van der Waals surface area (Å²) in [6.07, 6.45) is -1.47. The van der Waals surface area contributed by atoms with E-state index in [-0.39, 0.29) is 35.3 Å². The predicted molar refractivity (Wildman–Crippen MR) is 114 cm³/mol. The number of oxime groups is 1. The molecule has 0 spiro atoms. The van der Waals surface area contributed by atoms with Crippen LogP contribution in [0.2, 0.25) is 15.1 Å². The molecule has 12 heteroatoms. The molecule has 1 aromatic carbocycles. The highest BCUT2D eigenvalue weighted by atomic mass is 35.5. The molecule has 0 saturated heterocycles. The minimum absolute atomic E-state index is 0.0713. The van der Waals surface area contributed by atoms with Crippen LogP contribution in [0.5, 0.6) is 0 Å². The second-order valence-electron chi connectivity index (χ2n) is 6.37. The lowest BCUT2D eigenvalue weighted by Crippen LogP contribution is -2.22. The van der Waals surface area contributed by atoms with E-state index in [1.165, 1.54) is 12.3 Å². The van der Waals surface area contributed by atoms with Crippen LogP contribution in [0.15, 0.2) is 47.9 Å². The summed E-state index contributed by atoms with van der Waals surface area (Å²) in [7, 11) is 0. The molecule has 3 rings (SSSR count). The fourth-order valence-corrected chi connectivity index (χ4v) is 3.22. The molecule has 0 bridgehead atoms. The molecule has 1 aromatic heterocycles. The first-order valence-corrected chi connectivity index (χ1v) is 9.88. The minimum atomic E-state index is -4.53. The van der Waals surface area contributed by atoms with Crippen LogP contribution < -0.4 is 10.6 Å². The van der Waals surface area contributed by atoms with Gasteiger partial charge < -0.3 is 15.5 Å². The van der Waals surface area contributed by atoms with Gasteiger partial charge in [-0.25, -0.2) is 4.98 Å². The van der Waals surface area contributed by atoms with Crippen LogP contribution in [0.1, 0.15) is 12.0 Å². The number of anilines is 2. The maximum Gasteiger partial charge on any atom is 0.417 e. The highest BCUT2D eigenvalue weighted by Gasteiger charge is 2.32. The molecule has 0 aliphatic carbocycles. The van der Waals surface area contributed by atoms with E-state index in [4.69, 9.17) is 39.6 Å². The molecule has 0 unspecified atom stereocenters. The van der Waals surface area contributed by atoms with Crippen LogP contribution in [0.4, 0.5) is 24.7 Å². The third kappa shape index (κ3) is 6.25. The average molecular weight is 494 g/mol. The van der Waals surface area contributed by atoms with Gasteiger partial charge in [0.2, 0.25) is 5.78 Å². The fraction of sp³-hybridized carbons (Fsp3) is 0.211. The molecule has 2 heterocycles. The van der Waals surface area contributed by atoms with E-state index in [0.29, 0.717) is 21.9 Å². The second kappa shape index (κ2) is 9.76. The third-order valence-electron chi connectivity index (χ3n) is 4.09. The number of benzene rings is 1. The fourth-order valence-electron chi connectivity index (χ4n) is 2.53. The molecular formula is C19H14Cl3F3N4O2. The highest BCUT2D eigenvalue weighted by Crippen LogP contribution is 2.32. The Labute approximate surface area is 190 Å². The summed E-state index contributed by atoms with van der Waals surface area (Å²) < 4.78 is 38.0. The van der Waals surface area contributed by atoms with E-state index in [9.17, 15) is 18.0 Å². The Morgan fingerprint density at radius 2 is 2.00 bits per heavy atom. The number of ketones is 1. The number of pyridine rings is 1. The number of halogens is 6. The van der Waals surface area contributed by atoms with Crippen LogP contribution in [0.25, 0.3) is 0 Å². The number of hydrogen-bond donors (Lipinski definition) is 2. The molecule has 31 heavy (non-hydrogen) atoms. The molecule has 0 saturated carbocycles. The Morgan fingerprint density at radius 1 is 1.23 bits per heavy atom. The van der Waals surface area contributed by atoms with Gasteiger partial charge in [-0.3, -0.25) is 4.79 Å². The van der Waals surface area contributed by atoms with Crippen LogP contribution in [-0.4, -0.2) is 29.1 Å². The lowest BCUT2D eigenvalue weighted by molar-refractivity contribution is -0.137. The number of nitrogens with zero attached hydrogens (tertiary/aromatic N) is 2.